The highest BCUT2D eigenvalue weighted by Gasteiger charge is 2.36. The first-order valence-electron chi connectivity index (χ1n) is 11.0. The summed E-state index contributed by atoms with van der Waals surface area (Å²) in [6, 6.07) is 8.79. The van der Waals surface area contributed by atoms with Crippen molar-refractivity contribution in [2.75, 3.05) is 23.0 Å². The molecule has 176 valence electrons. The lowest BCUT2D eigenvalue weighted by atomic mass is 10.0. The first-order chi connectivity index (χ1) is 15.6. The highest BCUT2D eigenvalue weighted by atomic mass is 31.2. The average Bonchev–Trinajstić information content (AvgIpc) is 3.59. The van der Waals surface area contributed by atoms with Crippen LogP contribution in [-0.2, 0) is 10.7 Å². The summed E-state index contributed by atoms with van der Waals surface area (Å²) in [6.45, 7) is 5.50. The average molecular weight is 479 g/mol. The minimum Gasteiger partial charge on any atom is -0.381 e. The first-order valence-corrected chi connectivity index (χ1v) is 13.1. The van der Waals surface area contributed by atoms with Crippen molar-refractivity contribution in [2.45, 2.75) is 45.8 Å². The quantitative estimate of drug-likeness (QED) is 0.282. The van der Waals surface area contributed by atoms with Gasteiger partial charge < -0.3 is 15.2 Å². The number of rotatable bonds is 7. The summed E-state index contributed by atoms with van der Waals surface area (Å²) in [5, 5.41) is 7.00. The predicted molar refractivity (Wildman–Crippen MR) is 126 cm³/mol. The van der Waals surface area contributed by atoms with Gasteiger partial charge in [-0.1, -0.05) is 13.8 Å². The number of hydrogen-bond acceptors (Lipinski definition) is 4. The van der Waals surface area contributed by atoms with Crippen LogP contribution >= 0.6 is 7.14 Å². The molecule has 0 radical (unpaired) electrons. The molecule has 3 aromatic rings. The highest BCUT2D eigenvalue weighted by Crippen LogP contribution is 2.44. The van der Waals surface area contributed by atoms with Crippen LogP contribution in [0, 0.1) is 12.7 Å². The Morgan fingerprint density at radius 1 is 1.09 bits per heavy atom. The zero-order valence-corrected chi connectivity index (χ0v) is 19.6. The zero-order valence-electron chi connectivity index (χ0n) is 18.7. The molecule has 4 rings (SSSR count). The topological polar surface area (TPSA) is 54.0 Å². The second-order valence-electron chi connectivity index (χ2n) is 8.42. The van der Waals surface area contributed by atoms with Crippen molar-refractivity contribution in [1.29, 1.82) is 0 Å². The molecule has 1 saturated carbocycles. The minimum absolute atomic E-state index is 0.0725. The van der Waals surface area contributed by atoms with Gasteiger partial charge in [0.1, 0.15) is 18.8 Å². The summed E-state index contributed by atoms with van der Waals surface area (Å²) in [4.78, 5) is 4.35. The van der Waals surface area contributed by atoms with E-state index in [1.54, 1.807) is 31.2 Å². The van der Waals surface area contributed by atoms with Crippen LogP contribution in [0.2, 0.25) is 0 Å². The van der Waals surface area contributed by atoms with Gasteiger partial charge in [0.25, 0.3) is 0 Å². The Bertz CT molecular complexity index is 1230. The highest BCUT2D eigenvalue weighted by molar-refractivity contribution is 7.71. The maximum Gasteiger partial charge on any atom is 0.417 e. The Labute approximate surface area is 190 Å². The van der Waals surface area contributed by atoms with Crippen molar-refractivity contribution < 1.29 is 22.1 Å². The fourth-order valence-electron chi connectivity index (χ4n) is 3.95. The summed E-state index contributed by atoms with van der Waals surface area (Å²) in [5.41, 5.74) is 0.370. The van der Waals surface area contributed by atoms with Gasteiger partial charge >= 0.3 is 6.18 Å². The first kappa shape index (κ1) is 23.6. The fourth-order valence-corrected chi connectivity index (χ4v) is 5.82. The molecule has 0 atom stereocenters. The summed E-state index contributed by atoms with van der Waals surface area (Å²) in [6.07, 6.45) is -1.84. The lowest BCUT2D eigenvalue weighted by molar-refractivity contribution is -0.136. The van der Waals surface area contributed by atoms with Crippen molar-refractivity contribution >= 4 is 40.5 Å². The lowest BCUT2D eigenvalue weighted by Crippen LogP contribution is -2.13. The van der Waals surface area contributed by atoms with Crippen molar-refractivity contribution in [3.8, 4) is 0 Å². The Hall–Kier alpha value is -2.60. The number of aromatic nitrogens is 1. The molecule has 1 aromatic heterocycles. The van der Waals surface area contributed by atoms with Crippen LogP contribution in [0.4, 0.5) is 34.8 Å². The van der Waals surface area contributed by atoms with E-state index in [9.17, 15) is 22.1 Å². The van der Waals surface area contributed by atoms with Gasteiger partial charge in [0.15, 0.2) is 0 Å². The molecule has 0 amide bonds. The molecule has 0 bridgehead atoms. The predicted octanol–water partition coefficient (Wildman–Crippen LogP) is 7.05. The third-order valence-corrected chi connectivity index (χ3v) is 9.43. The van der Waals surface area contributed by atoms with Gasteiger partial charge in [-0.2, -0.15) is 13.2 Å². The molecule has 4 nitrogen and oxygen atoms in total. The number of fused-ring (bicyclic) bond motifs is 1. The standard InChI is InChI=1S/C24H26F4N3OP/c1-4-33(32,5-2)18-10-8-17(9-11-18)30-23-14(3)22(29-16-6-7-16)21-19(24(26,27)28)12-15(25)13-20(21)31-23/h8-13,16H,4-7H2,1-3H3,(H2,29,30,31). The number of benzene rings is 2. The van der Waals surface area contributed by atoms with E-state index in [2.05, 4.69) is 15.6 Å². The Balaban J connectivity index is 1.80. The summed E-state index contributed by atoms with van der Waals surface area (Å²) in [5.74, 6) is -0.653. The maximum absolute atomic E-state index is 14.1. The fraction of sp³-hybridized carbons (Fsp3) is 0.375. The van der Waals surface area contributed by atoms with Gasteiger partial charge in [0, 0.05) is 46.4 Å². The number of nitrogens with zero attached hydrogens (tertiary/aromatic N) is 1. The van der Waals surface area contributed by atoms with Crippen LogP contribution in [0.25, 0.3) is 10.9 Å². The summed E-state index contributed by atoms with van der Waals surface area (Å²) >= 11 is 0. The zero-order chi connectivity index (χ0) is 24.0. The van der Waals surface area contributed by atoms with Gasteiger partial charge in [-0.3, -0.25) is 0 Å². The van der Waals surface area contributed by atoms with Gasteiger partial charge in [-0.15, -0.1) is 0 Å². The van der Waals surface area contributed by atoms with Gasteiger partial charge in [0.05, 0.1) is 16.8 Å². The molecule has 9 heteroatoms. The van der Waals surface area contributed by atoms with E-state index in [1.165, 1.54) is 0 Å². The second-order valence-corrected chi connectivity index (χ2v) is 12.0. The van der Waals surface area contributed by atoms with Gasteiger partial charge in [-0.05, 0) is 50.1 Å². The Morgan fingerprint density at radius 2 is 1.73 bits per heavy atom. The van der Waals surface area contributed by atoms with Crippen LogP contribution in [0.5, 0.6) is 0 Å². The minimum atomic E-state index is -4.72. The SMILES string of the molecule is CCP(=O)(CC)c1ccc(Nc2nc3cc(F)cc(C(F)(F)F)c3c(NC3CC3)c2C)cc1. The number of pyridine rings is 1. The van der Waals surface area contributed by atoms with Gasteiger partial charge in [-0.25, -0.2) is 9.37 Å². The van der Waals surface area contributed by atoms with E-state index >= 15 is 0 Å². The molecule has 2 aromatic carbocycles. The monoisotopic (exact) mass is 479 g/mol. The molecule has 0 unspecified atom stereocenters. The number of anilines is 3. The number of alkyl halides is 3. The van der Waals surface area contributed by atoms with Crippen molar-refractivity contribution in [2.24, 2.45) is 0 Å². The third kappa shape index (κ3) is 4.72. The largest absolute Gasteiger partial charge is 0.417 e. The molecule has 2 N–H and O–H groups in total. The smallest absolute Gasteiger partial charge is 0.381 e. The van der Waals surface area contributed by atoms with E-state index in [4.69, 9.17) is 0 Å². The molecule has 33 heavy (non-hydrogen) atoms. The van der Waals surface area contributed by atoms with E-state index in [0.717, 1.165) is 24.2 Å². The maximum atomic E-state index is 14.1. The molecule has 0 aliphatic heterocycles. The number of halogens is 4. The van der Waals surface area contributed by atoms with Gasteiger partial charge in [0.2, 0.25) is 0 Å². The molecule has 1 aliphatic rings. The van der Waals surface area contributed by atoms with E-state index in [1.807, 2.05) is 13.8 Å². The Kier molecular flexibility index (Phi) is 6.16. The van der Waals surface area contributed by atoms with Crippen LogP contribution in [-0.4, -0.2) is 23.3 Å². The molecule has 1 aliphatic carbocycles. The van der Waals surface area contributed by atoms with Crippen LogP contribution in [0.1, 0.15) is 37.8 Å². The molecule has 1 fully saturated rings. The Morgan fingerprint density at radius 3 is 2.27 bits per heavy atom. The third-order valence-electron chi connectivity index (χ3n) is 6.15. The van der Waals surface area contributed by atoms with Crippen molar-refractivity contribution in [3.63, 3.8) is 0 Å². The van der Waals surface area contributed by atoms with E-state index in [0.29, 0.717) is 41.1 Å². The molecular formula is C24H26F4N3OP. The van der Waals surface area contributed by atoms with E-state index in [-0.39, 0.29) is 16.9 Å². The van der Waals surface area contributed by atoms with Crippen molar-refractivity contribution in [1.82, 2.24) is 4.98 Å². The summed E-state index contributed by atoms with van der Waals surface area (Å²) < 4.78 is 68.3. The molecule has 1 heterocycles. The van der Waals surface area contributed by atoms with Crippen LogP contribution < -0.4 is 15.9 Å². The van der Waals surface area contributed by atoms with Crippen molar-refractivity contribution in [3.05, 3.63) is 53.3 Å². The van der Waals surface area contributed by atoms with Crippen LogP contribution in [0.15, 0.2) is 36.4 Å². The van der Waals surface area contributed by atoms with E-state index < -0.39 is 24.7 Å². The van der Waals surface area contributed by atoms with Crippen LogP contribution in [0.3, 0.4) is 0 Å². The molecule has 0 saturated heterocycles. The molecular weight excluding hydrogens is 453 g/mol. The summed E-state index contributed by atoms with van der Waals surface area (Å²) in [7, 11) is -2.42. The lowest BCUT2D eigenvalue weighted by Gasteiger charge is -2.20. The number of nitrogens with one attached hydrogen (secondary N) is 2. The molecule has 0 spiro atoms. The second kappa shape index (κ2) is 8.64. The number of hydrogen-bond donors (Lipinski definition) is 2. The normalized spacial score (nSPS) is 14.5.